The third kappa shape index (κ3) is 1.68. The second kappa shape index (κ2) is 3.54. The summed E-state index contributed by atoms with van der Waals surface area (Å²) in [5.74, 6) is 0. The molecule has 1 aromatic carbocycles. The van der Waals surface area contributed by atoms with Crippen LogP contribution in [0.5, 0.6) is 0 Å². The highest BCUT2D eigenvalue weighted by molar-refractivity contribution is 6.32. The molecule has 0 aliphatic carbocycles. The number of nitrogens with zero attached hydrogens (tertiary/aromatic N) is 2. The van der Waals surface area contributed by atoms with E-state index in [9.17, 15) is 0 Å². The van der Waals surface area contributed by atoms with Crippen LogP contribution in [0.15, 0.2) is 42.6 Å². The van der Waals surface area contributed by atoms with Crippen LogP contribution in [0.25, 0.3) is 11.3 Å². The Morgan fingerprint density at radius 2 is 1.77 bits per heavy atom. The minimum absolute atomic E-state index is 0.626. The summed E-state index contributed by atoms with van der Waals surface area (Å²) in [6, 6.07) is 11.5. The fourth-order valence-corrected chi connectivity index (χ4v) is 1.31. The third-order valence-electron chi connectivity index (χ3n) is 1.72. The average molecular weight is 191 g/mol. The van der Waals surface area contributed by atoms with Crippen LogP contribution in [0, 0.1) is 0 Å². The molecule has 0 atom stereocenters. The molecule has 0 bridgehead atoms. The highest BCUT2D eigenvalue weighted by atomic mass is 35.5. The van der Waals surface area contributed by atoms with E-state index in [0.29, 0.717) is 5.02 Å². The van der Waals surface area contributed by atoms with Crippen molar-refractivity contribution in [2.24, 2.45) is 0 Å². The maximum absolute atomic E-state index is 5.96. The first-order chi connectivity index (χ1) is 6.38. The second-order valence-corrected chi connectivity index (χ2v) is 3.00. The predicted molar refractivity (Wildman–Crippen MR) is 52.5 cm³/mol. The van der Waals surface area contributed by atoms with Crippen molar-refractivity contribution in [2.75, 3.05) is 0 Å². The third-order valence-corrected chi connectivity index (χ3v) is 2.02. The van der Waals surface area contributed by atoms with Gasteiger partial charge >= 0.3 is 0 Å². The van der Waals surface area contributed by atoms with Crippen molar-refractivity contribution in [1.29, 1.82) is 0 Å². The van der Waals surface area contributed by atoms with Crippen molar-refractivity contribution in [3.8, 4) is 11.3 Å². The molecule has 2 rings (SSSR count). The summed E-state index contributed by atoms with van der Waals surface area (Å²) in [5.41, 5.74) is 1.71. The van der Waals surface area contributed by atoms with Gasteiger partial charge in [0.15, 0.2) is 0 Å². The molecule has 0 saturated carbocycles. The molecule has 0 fully saturated rings. The normalized spacial score (nSPS) is 9.92. The highest BCUT2D eigenvalue weighted by Crippen LogP contribution is 2.23. The Morgan fingerprint density at radius 3 is 2.46 bits per heavy atom. The van der Waals surface area contributed by atoms with Gasteiger partial charge in [0.05, 0.1) is 11.2 Å². The van der Waals surface area contributed by atoms with Crippen LogP contribution in [-0.4, -0.2) is 10.2 Å². The summed E-state index contributed by atoms with van der Waals surface area (Å²) in [4.78, 5) is 0. The Morgan fingerprint density at radius 1 is 1.00 bits per heavy atom. The summed E-state index contributed by atoms with van der Waals surface area (Å²) in [5, 5.41) is 8.38. The van der Waals surface area contributed by atoms with Gasteiger partial charge in [0, 0.05) is 5.56 Å². The molecule has 64 valence electrons. The fourth-order valence-electron chi connectivity index (χ4n) is 1.11. The van der Waals surface area contributed by atoms with Crippen molar-refractivity contribution in [3.05, 3.63) is 47.6 Å². The molecule has 0 unspecified atom stereocenters. The minimum Gasteiger partial charge on any atom is -0.158 e. The van der Waals surface area contributed by atoms with Gasteiger partial charge in [0.25, 0.3) is 0 Å². The molecular formula is C10H7ClN2. The van der Waals surface area contributed by atoms with Crippen molar-refractivity contribution in [2.45, 2.75) is 0 Å². The van der Waals surface area contributed by atoms with E-state index < -0.39 is 0 Å². The van der Waals surface area contributed by atoms with Gasteiger partial charge in [0.2, 0.25) is 0 Å². The van der Waals surface area contributed by atoms with Gasteiger partial charge in [-0.05, 0) is 6.07 Å². The lowest BCUT2D eigenvalue weighted by Gasteiger charge is -2.00. The van der Waals surface area contributed by atoms with Crippen molar-refractivity contribution in [3.63, 3.8) is 0 Å². The first-order valence-electron chi connectivity index (χ1n) is 3.90. The lowest BCUT2D eigenvalue weighted by molar-refractivity contribution is 1.04. The lowest BCUT2D eigenvalue weighted by atomic mass is 10.1. The number of aromatic nitrogens is 2. The van der Waals surface area contributed by atoms with Crippen LogP contribution in [0.2, 0.25) is 5.02 Å². The van der Waals surface area contributed by atoms with E-state index >= 15 is 0 Å². The van der Waals surface area contributed by atoms with Gasteiger partial charge in [-0.15, -0.1) is 5.10 Å². The van der Waals surface area contributed by atoms with Crippen molar-refractivity contribution < 1.29 is 0 Å². The molecule has 0 radical (unpaired) electrons. The van der Waals surface area contributed by atoms with Crippen molar-refractivity contribution >= 4 is 11.6 Å². The van der Waals surface area contributed by atoms with Crippen molar-refractivity contribution in [1.82, 2.24) is 10.2 Å². The molecule has 0 N–H and O–H groups in total. The lowest BCUT2D eigenvalue weighted by Crippen LogP contribution is -1.86. The molecule has 13 heavy (non-hydrogen) atoms. The molecule has 0 aliphatic heterocycles. The Labute approximate surface area is 81.2 Å². The van der Waals surface area contributed by atoms with E-state index in [4.69, 9.17) is 11.6 Å². The molecular weight excluding hydrogens is 184 g/mol. The zero-order valence-electron chi connectivity index (χ0n) is 6.81. The maximum atomic E-state index is 5.96. The highest BCUT2D eigenvalue weighted by Gasteiger charge is 2.02. The Bertz CT molecular complexity index is 401. The van der Waals surface area contributed by atoms with Gasteiger partial charge in [0.1, 0.15) is 5.69 Å². The second-order valence-electron chi connectivity index (χ2n) is 2.59. The summed E-state index contributed by atoms with van der Waals surface area (Å²) in [6.07, 6.45) is 1.58. The first-order valence-corrected chi connectivity index (χ1v) is 4.28. The summed E-state index contributed by atoms with van der Waals surface area (Å²) in [7, 11) is 0. The summed E-state index contributed by atoms with van der Waals surface area (Å²) < 4.78 is 0. The van der Waals surface area contributed by atoms with E-state index in [1.165, 1.54) is 0 Å². The smallest absolute Gasteiger partial charge is 0.112 e. The first kappa shape index (κ1) is 8.20. The SMILES string of the molecule is Clc1ccnnc1-c1ccccc1. The van der Waals surface area contributed by atoms with E-state index in [2.05, 4.69) is 10.2 Å². The maximum Gasteiger partial charge on any atom is 0.112 e. The number of hydrogen-bond acceptors (Lipinski definition) is 2. The zero-order chi connectivity index (χ0) is 9.10. The van der Waals surface area contributed by atoms with Gasteiger partial charge in [-0.1, -0.05) is 41.9 Å². The van der Waals surface area contributed by atoms with E-state index in [0.717, 1.165) is 11.3 Å². The molecule has 3 heteroatoms. The van der Waals surface area contributed by atoms with Gasteiger partial charge < -0.3 is 0 Å². The van der Waals surface area contributed by atoms with Crippen LogP contribution in [0.4, 0.5) is 0 Å². The topological polar surface area (TPSA) is 25.8 Å². The van der Waals surface area contributed by atoms with Crippen LogP contribution in [0.1, 0.15) is 0 Å². The van der Waals surface area contributed by atoms with Gasteiger partial charge in [-0.2, -0.15) is 5.10 Å². The summed E-state index contributed by atoms with van der Waals surface area (Å²) >= 11 is 5.96. The molecule has 2 aromatic rings. The van der Waals surface area contributed by atoms with E-state index in [-0.39, 0.29) is 0 Å². The largest absolute Gasteiger partial charge is 0.158 e. The Balaban J connectivity index is 2.54. The molecule has 0 amide bonds. The van der Waals surface area contributed by atoms with Gasteiger partial charge in [-0.3, -0.25) is 0 Å². The Kier molecular flexibility index (Phi) is 2.23. The quantitative estimate of drug-likeness (QED) is 0.691. The number of rotatable bonds is 1. The van der Waals surface area contributed by atoms with Crippen LogP contribution in [-0.2, 0) is 0 Å². The standard InChI is InChI=1S/C10H7ClN2/c11-9-6-7-12-13-10(9)8-4-2-1-3-5-8/h1-7H. The molecule has 0 aliphatic rings. The molecule has 0 spiro atoms. The minimum atomic E-state index is 0.626. The van der Waals surface area contributed by atoms with E-state index in [1.54, 1.807) is 12.3 Å². The Hall–Kier alpha value is -1.41. The van der Waals surface area contributed by atoms with E-state index in [1.807, 2.05) is 30.3 Å². The predicted octanol–water partition coefficient (Wildman–Crippen LogP) is 2.80. The monoisotopic (exact) mass is 190 g/mol. The molecule has 1 heterocycles. The molecule has 1 aromatic heterocycles. The number of benzene rings is 1. The van der Waals surface area contributed by atoms with Crippen LogP contribution >= 0.6 is 11.6 Å². The van der Waals surface area contributed by atoms with Crippen LogP contribution < -0.4 is 0 Å². The zero-order valence-corrected chi connectivity index (χ0v) is 7.57. The fraction of sp³-hybridized carbons (Fsp3) is 0. The van der Waals surface area contributed by atoms with Gasteiger partial charge in [-0.25, -0.2) is 0 Å². The number of hydrogen-bond donors (Lipinski definition) is 0. The molecule has 0 saturated heterocycles. The molecule has 2 nitrogen and oxygen atoms in total. The number of halogens is 1. The average Bonchev–Trinajstić information content (AvgIpc) is 2.20. The summed E-state index contributed by atoms with van der Waals surface area (Å²) in [6.45, 7) is 0. The van der Waals surface area contributed by atoms with Crippen LogP contribution in [0.3, 0.4) is 0 Å².